The number of hydrogen-bond donors (Lipinski definition) is 1. The number of anilines is 1. The lowest BCUT2D eigenvalue weighted by molar-refractivity contribution is -0.116. The number of nitrogens with zero attached hydrogens (tertiary/aromatic N) is 2. The predicted molar refractivity (Wildman–Crippen MR) is 99.4 cm³/mol. The Labute approximate surface area is 148 Å². The van der Waals surface area contributed by atoms with Crippen LogP contribution < -0.4 is 5.32 Å². The fraction of sp³-hybridized carbons (Fsp3) is 0.312. The fourth-order valence-electron chi connectivity index (χ4n) is 2.16. The number of aromatic nitrogens is 2. The molecule has 0 atom stereocenters. The van der Waals surface area contributed by atoms with E-state index in [-0.39, 0.29) is 5.91 Å². The van der Waals surface area contributed by atoms with E-state index in [1.165, 1.54) is 11.8 Å². The van der Waals surface area contributed by atoms with Crippen LogP contribution in [0, 0.1) is 17.4 Å². The number of rotatable bonds is 5. The highest BCUT2D eigenvalue weighted by Crippen LogP contribution is 2.17. The van der Waals surface area contributed by atoms with Gasteiger partial charge in [-0.3, -0.25) is 4.79 Å². The Balaban J connectivity index is 1.98. The highest BCUT2D eigenvalue weighted by Gasteiger charge is 2.10. The maximum atomic E-state index is 12.1. The second-order valence-electron chi connectivity index (χ2n) is 4.91. The molecule has 4 nitrogen and oxygen atoms in total. The van der Waals surface area contributed by atoms with Gasteiger partial charge in [0.05, 0.1) is 0 Å². The summed E-state index contributed by atoms with van der Waals surface area (Å²) < 4.78 is 1.15. The van der Waals surface area contributed by atoms with Crippen LogP contribution in [0.5, 0.6) is 0 Å². The maximum Gasteiger partial charge on any atom is 0.224 e. The van der Waals surface area contributed by atoms with Crippen LogP contribution in [-0.2, 0) is 11.2 Å². The standard InChI is InChI=1S/C16H18IN3OS/c1-10-14(11(2)19-16(18-10)22-3)8-9-15(21)20-13-6-4-12(17)5-7-13/h4-7H,8-9H2,1-3H3,(H,20,21). The predicted octanol–water partition coefficient (Wildman–Crippen LogP) is 3.99. The van der Waals surface area contributed by atoms with Crippen LogP contribution in [0.25, 0.3) is 0 Å². The Morgan fingerprint density at radius 3 is 2.32 bits per heavy atom. The minimum Gasteiger partial charge on any atom is -0.326 e. The second-order valence-corrected chi connectivity index (χ2v) is 6.93. The normalized spacial score (nSPS) is 10.5. The van der Waals surface area contributed by atoms with E-state index >= 15 is 0 Å². The number of thioether (sulfide) groups is 1. The lowest BCUT2D eigenvalue weighted by atomic mass is 10.1. The molecule has 1 aromatic heterocycles. The third-order valence-electron chi connectivity index (χ3n) is 3.31. The van der Waals surface area contributed by atoms with Crippen molar-refractivity contribution >= 4 is 45.9 Å². The number of amides is 1. The first kappa shape index (κ1) is 17.2. The van der Waals surface area contributed by atoms with Crippen molar-refractivity contribution in [2.24, 2.45) is 0 Å². The van der Waals surface area contributed by atoms with Crippen molar-refractivity contribution in [1.82, 2.24) is 9.97 Å². The van der Waals surface area contributed by atoms with Crippen LogP contribution in [0.15, 0.2) is 29.4 Å². The minimum atomic E-state index is 0.00829. The molecule has 0 saturated heterocycles. The van der Waals surface area contributed by atoms with Crippen LogP contribution in [0.4, 0.5) is 5.69 Å². The lowest BCUT2D eigenvalue weighted by Crippen LogP contribution is -2.13. The molecule has 0 aliphatic carbocycles. The minimum absolute atomic E-state index is 0.00829. The molecule has 22 heavy (non-hydrogen) atoms. The molecule has 0 saturated carbocycles. The van der Waals surface area contributed by atoms with Crippen molar-refractivity contribution in [2.75, 3.05) is 11.6 Å². The van der Waals surface area contributed by atoms with Crippen molar-refractivity contribution in [2.45, 2.75) is 31.8 Å². The van der Waals surface area contributed by atoms with Crippen molar-refractivity contribution < 1.29 is 4.79 Å². The zero-order chi connectivity index (χ0) is 16.1. The second kappa shape index (κ2) is 7.92. The maximum absolute atomic E-state index is 12.1. The summed E-state index contributed by atoms with van der Waals surface area (Å²) in [6, 6.07) is 7.76. The number of aryl methyl sites for hydroxylation is 2. The Hall–Kier alpha value is -1.15. The summed E-state index contributed by atoms with van der Waals surface area (Å²) in [5.41, 5.74) is 3.81. The molecule has 0 unspecified atom stereocenters. The molecule has 0 aliphatic rings. The van der Waals surface area contributed by atoms with Crippen molar-refractivity contribution in [3.8, 4) is 0 Å². The van der Waals surface area contributed by atoms with E-state index in [4.69, 9.17) is 0 Å². The van der Waals surface area contributed by atoms with E-state index in [1.807, 2.05) is 44.4 Å². The van der Waals surface area contributed by atoms with Gasteiger partial charge in [-0.05, 0) is 78.9 Å². The SMILES string of the molecule is CSc1nc(C)c(CCC(=O)Nc2ccc(I)cc2)c(C)n1. The van der Waals surface area contributed by atoms with Gasteiger partial charge >= 0.3 is 0 Å². The topological polar surface area (TPSA) is 54.9 Å². The highest BCUT2D eigenvalue weighted by molar-refractivity contribution is 14.1. The summed E-state index contributed by atoms with van der Waals surface area (Å²) in [5.74, 6) is 0.00829. The highest BCUT2D eigenvalue weighted by atomic mass is 127. The number of hydrogen-bond acceptors (Lipinski definition) is 4. The molecular formula is C16H18IN3OS. The van der Waals surface area contributed by atoms with Crippen LogP contribution in [0.1, 0.15) is 23.4 Å². The van der Waals surface area contributed by atoms with Gasteiger partial charge in [0.15, 0.2) is 5.16 Å². The van der Waals surface area contributed by atoms with Gasteiger partial charge in [-0.15, -0.1) is 0 Å². The van der Waals surface area contributed by atoms with Gasteiger partial charge in [0.1, 0.15) is 0 Å². The molecule has 116 valence electrons. The molecular weight excluding hydrogens is 409 g/mol. The van der Waals surface area contributed by atoms with Gasteiger partial charge in [-0.25, -0.2) is 9.97 Å². The molecule has 0 spiro atoms. The van der Waals surface area contributed by atoms with Gasteiger partial charge in [-0.1, -0.05) is 11.8 Å². The molecule has 0 fully saturated rings. The molecule has 1 heterocycles. The zero-order valence-corrected chi connectivity index (χ0v) is 15.8. The third kappa shape index (κ3) is 4.67. The smallest absolute Gasteiger partial charge is 0.224 e. The summed E-state index contributed by atoms with van der Waals surface area (Å²) >= 11 is 3.77. The Bertz CT molecular complexity index is 651. The quantitative estimate of drug-likeness (QED) is 0.446. The van der Waals surface area contributed by atoms with E-state index in [1.54, 1.807) is 0 Å². The van der Waals surface area contributed by atoms with E-state index in [2.05, 4.69) is 37.9 Å². The number of nitrogens with one attached hydrogen (secondary N) is 1. The first-order valence-electron chi connectivity index (χ1n) is 6.93. The van der Waals surface area contributed by atoms with E-state index in [9.17, 15) is 4.79 Å². The van der Waals surface area contributed by atoms with Gasteiger partial charge < -0.3 is 5.32 Å². The fourth-order valence-corrected chi connectivity index (χ4v) is 2.97. The Kier molecular flexibility index (Phi) is 6.19. The molecule has 1 aromatic carbocycles. The number of halogens is 1. The summed E-state index contributed by atoms with van der Waals surface area (Å²) in [6.07, 6.45) is 3.04. The van der Waals surface area contributed by atoms with Crippen molar-refractivity contribution in [3.05, 3.63) is 44.8 Å². The van der Waals surface area contributed by atoms with Crippen LogP contribution >= 0.6 is 34.4 Å². The van der Waals surface area contributed by atoms with Crippen molar-refractivity contribution in [3.63, 3.8) is 0 Å². The summed E-state index contributed by atoms with van der Waals surface area (Å²) in [4.78, 5) is 20.9. The zero-order valence-electron chi connectivity index (χ0n) is 12.8. The molecule has 2 rings (SSSR count). The van der Waals surface area contributed by atoms with Gasteiger partial charge in [0.25, 0.3) is 0 Å². The average Bonchev–Trinajstić information content (AvgIpc) is 2.48. The van der Waals surface area contributed by atoms with Crippen molar-refractivity contribution in [1.29, 1.82) is 0 Å². The molecule has 0 bridgehead atoms. The van der Waals surface area contributed by atoms with E-state index < -0.39 is 0 Å². The van der Waals surface area contributed by atoms with Crippen LogP contribution in [0.2, 0.25) is 0 Å². The molecule has 6 heteroatoms. The monoisotopic (exact) mass is 427 g/mol. The molecule has 1 N–H and O–H groups in total. The summed E-state index contributed by atoms with van der Waals surface area (Å²) in [6.45, 7) is 3.95. The lowest BCUT2D eigenvalue weighted by Gasteiger charge is -2.10. The van der Waals surface area contributed by atoms with Crippen LogP contribution in [0.3, 0.4) is 0 Å². The van der Waals surface area contributed by atoms with Gasteiger partial charge in [0, 0.05) is 27.1 Å². The Morgan fingerprint density at radius 1 is 1.18 bits per heavy atom. The molecule has 0 radical (unpaired) electrons. The number of carbonyl (C=O) groups excluding carboxylic acids is 1. The Morgan fingerprint density at radius 2 is 1.77 bits per heavy atom. The van der Waals surface area contributed by atoms with Gasteiger partial charge in [0.2, 0.25) is 5.91 Å². The molecule has 2 aromatic rings. The molecule has 1 amide bonds. The first-order chi connectivity index (χ1) is 10.5. The summed E-state index contributed by atoms with van der Waals surface area (Å²) in [7, 11) is 0. The number of benzene rings is 1. The van der Waals surface area contributed by atoms with Crippen LogP contribution in [-0.4, -0.2) is 22.1 Å². The number of carbonyl (C=O) groups is 1. The van der Waals surface area contributed by atoms with E-state index in [0.29, 0.717) is 12.8 Å². The largest absolute Gasteiger partial charge is 0.326 e. The molecule has 0 aliphatic heterocycles. The van der Waals surface area contributed by atoms with E-state index in [0.717, 1.165) is 31.4 Å². The summed E-state index contributed by atoms with van der Waals surface area (Å²) in [5, 5.41) is 3.69. The first-order valence-corrected chi connectivity index (χ1v) is 9.23. The third-order valence-corrected chi connectivity index (χ3v) is 4.58. The van der Waals surface area contributed by atoms with Gasteiger partial charge in [-0.2, -0.15) is 0 Å². The average molecular weight is 427 g/mol.